The highest BCUT2D eigenvalue weighted by molar-refractivity contribution is 5.81. The molecule has 4 nitrogen and oxygen atoms in total. The Kier molecular flexibility index (Phi) is 5.94. The van der Waals surface area contributed by atoms with Gasteiger partial charge in [0.15, 0.2) is 0 Å². The molecule has 0 fully saturated rings. The second-order valence-corrected chi connectivity index (χ2v) is 2.90. The van der Waals surface area contributed by atoms with Crippen molar-refractivity contribution in [2.45, 2.75) is 26.0 Å². The van der Waals surface area contributed by atoms with Crippen LogP contribution in [0.2, 0.25) is 0 Å². The van der Waals surface area contributed by atoms with Gasteiger partial charge in [0.2, 0.25) is 5.91 Å². The summed E-state index contributed by atoms with van der Waals surface area (Å²) in [6, 6.07) is -0.331. The van der Waals surface area contributed by atoms with Crippen molar-refractivity contribution in [3.8, 4) is 12.3 Å². The molecule has 74 valence electrons. The van der Waals surface area contributed by atoms with Crippen LogP contribution in [0.15, 0.2) is 0 Å². The van der Waals surface area contributed by atoms with Crippen LogP contribution in [0.4, 0.5) is 0 Å². The van der Waals surface area contributed by atoms with Crippen LogP contribution >= 0.6 is 0 Å². The van der Waals surface area contributed by atoms with Crippen LogP contribution in [0, 0.1) is 12.3 Å². The molecule has 0 bridgehead atoms. The van der Waals surface area contributed by atoms with Crippen molar-refractivity contribution < 1.29 is 9.90 Å². The standard InChI is InChI=1S/C9H16N2O2/c1-4-5-10-9(13)8(3)11-6-7(2)12/h1,7-8,11-12H,5-6H2,2-3H3,(H,10,13). The molecule has 0 saturated carbocycles. The summed E-state index contributed by atoms with van der Waals surface area (Å²) >= 11 is 0. The molecule has 0 saturated heterocycles. The van der Waals surface area contributed by atoms with Crippen molar-refractivity contribution in [1.29, 1.82) is 0 Å². The number of rotatable bonds is 5. The van der Waals surface area contributed by atoms with Gasteiger partial charge in [-0.25, -0.2) is 0 Å². The molecule has 13 heavy (non-hydrogen) atoms. The average Bonchev–Trinajstić information content (AvgIpc) is 2.10. The van der Waals surface area contributed by atoms with Crippen LogP contribution in [-0.4, -0.2) is 36.2 Å². The highest BCUT2D eigenvalue weighted by atomic mass is 16.3. The molecule has 0 aliphatic rings. The minimum Gasteiger partial charge on any atom is -0.392 e. The lowest BCUT2D eigenvalue weighted by Crippen LogP contribution is -2.44. The SMILES string of the molecule is C#CCNC(=O)C(C)NCC(C)O. The minimum absolute atomic E-state index is 0.154. The predicted octanol–water partition coefficient (Wildman–Crippen LogP) is -0.905. The average molecular weight is 184 g/mol. The summed E-state index contributed by atoms with van der Waals surface area (Å²) < 4.78 is 0. The molecule has 2 unspecified atom stereocenters. The lowest BCUT2D eigenvalue weighted by molar-refractivity contribution is -0.122. The first-order chi connectivity index (χ1) is 6.07. The number of terminal acetylenes is 1. The first-order valence-corrected chi connectivity index (χ1v) is 4.20. The number of aliphatic hydroxyl groups is 1. The van der Waals surface area contributed by atoms with Crippen LogP contribution in [0.5, 0.6) is 0 Å². The van der Waals surface area contributed by atoms with Crippen LogP contribution < -0.4 is 10.6 Å². The second-order valence-electron chi connectivity index (χ2n) is 2.90. The Morgan fingerprint density at radius 2 is 2.23 bits per heavy atom. The van der Waals surface area contributed by atoms with Crippen molar-refractivity contribution >= 4 is 5.91 Å². The molecular weight excluding hydrogens is 168 g/mol. The molecule has 0 aliphatic heterocycles. The first-order valence-electron chi connectivity index (χ1n) is 4.20. The third-order valence-electron chi connectivity index (χ3n) is 1.48. The fourth-order valence-electron chi connectivity index (χ4n) is 0.731. The van der Waals surface area contributed by atoms with E-state index in [1.165, 1.54) is 0 Å². The maximum atomic E-state index is 11.2. The quantitative estimate of drug-likeness (QED) is 0.485. The minimum atomic E-state index is -0.456. The van der Waals surface area contributed by atoms with Gasteiger partial charge in [-0.05, 0) is 13.8 Å². The van der Waals surface area contributed by atoms with Gasteiger partial charge < -0.3 is 15.7 Å². The van der Waals surface area contributed by atoms with Crippen LogP contribution in [0.25, 0.3) is 0 Å². The summed E-state index contributed by atoms with van der Waals surface area (Å²) in [5.41, 5.74) is 0. The van der Waals surface area contributed by atoms with Gasteiger partial charge in [-0.3, -0.25) is 4.79 Å². The highest BCUT2D eigenvalue weighted by Gasteiger charge is 2.11. The van der Waals surface area contributed by atoms with Crippen molar-refractivity contribution in [1.82, 2.24) is 10.6 Å². The predicted molar refractivity (Wildman–Crippen MR) is 51.0 cm³/mol. The molecule has 2 atom stereocenters. The number of carbonyl (C=O) groups excluding carboxylic acids is 1. The van der Waals surface area contributed by atoms with E-state index in [-0.39, 0.29) is 18.5 Å². The normalized spacial score (nSPS) is 14.3. The maximum absolute atomic E-state index is 11.2. The lowest BCUT2D eigenvalue weighted by Gasteiger charge is -2.13. The molecule has 4 heteroatoms. The first kappa shape index (κ1) is 11.9. The van der Waals surface area contributed by atoms with Gasteiger partial charge in [0.1, 0.15) is 0 Å². The topological polar surface area (TPSA) is 61.4 Å². The van der Waals surface area contributed by atoms with Crippen molar-refractivity contribution in [3.63, 3.8) is 0 Å². The van der Waals surface area contributed by atoms with Gasteiger partial charge in [-0.15, -0.1) is 6.42 Å². The Bertz CT molecular complexity index is 196. The molecule has 0 aromatic carbocycles. The Morgan fingerprint density at radius 3 is 2.69 bits per heavy atom. The van der Waals surface area contributed by atoms with Gasteiger partial charge in [0, 0.05) is 6.54 Å². The molecular formula is C9H16N2O2. The Balaban J connectivity index is 3.64. The third-order valence-corrected chi connectivity index (χ3v) is 1.48. The summed E-state index contributed by atoms with van der Waals surface area (Å²) in [7, 11) is 0. The number of carbonyl (C=O) groups is 1. The number of nitrogens with one attached hydrogen (secondary N) is 2. The van der Waals surface area contributed by atoms with Crippen LogP contribution in [-0.2, 0) is 4.79 Å². The largest absolute Gasteiger partial charge is 0.392 e. The lowest BCUT2D eigenvalue weighted by atomic mass is 10.3. The van der Waals surface area contributed by atoms with Gasteiger partial charge >= 0.3 is 0 Å². The van der Waals surface area contributed by atoms with E-state index in [1.54, 1.807) is 13.8 Å². The van der Waals surface area contributed by atoms with Gasteiger partial charge in [-0.1, -0.05) is 5.92 Å². The summed E-state index contributed by atoms with van der Waals surface area (Å²) in [6.45, 7) is 4.00. The monoisotopic (exact) mass is 184 g/mol. The molecule has 0 spiro atoms. The molecule has 3 N–H and O–H groups in total. The molecule has 0 aromatic heterocycles. The zero-order valence-electron chi connectivity index (χ0n) is 8.00. The zero-order valence-corrected chi connectivity index (χ0v) is 8.00. The van der Waals surface area contributed by atoms with Crippen molar-refractivity contribution in [3.05, 3.63) is 0 Å². The van der Waals surface area contributed by atoms with Crippen LogP contribution in [0.1, 0.15) is 13.8 Å². The van der Waals surface area contributed by atoms with E-state index >= 15 is 0 Å². The van der Waals surface area contributed by atoms with E-state index in [0.717, 1.165) is 0 Å². The third kappa shape index (κ3) is 6.14. The zero-order chi connectivity index (χ0) is 10.3. The van der Waals surface area contributed by atoms with Gasteiger partial charge in [0.05, 0.1) is 18.7 Å². The molecule has 0 rings (SSSR count). The fraction of sp³-hybridized carbons (Fsp3) is 0.667. The van der Waals surface area contributed by atoms with E-state index < -0.39 is 6.10 Å². The molecule has 0 radical (unpaired) electrons. The smallest absolute Gasteiger partial charge is 0.237 e. The second kappa shape index (κ2) is 6.46. The Labute approximate surface area is 78.7 Å². The highest BCUT2D eigenvalue weighted by Crippen LogP contribution is 1.83. The Morgan fingerprint density at radius 1 is 1.62 bits per heavy atom. The van der Waals surface area contributed by atoms with Crippen molar-refractivity contribution in [2.24, 2.45) is 0 Å². The summed E-state index contributed by atoms with van der Waals surface area (Å²) in [5, 5.41) is 14.3. The summed E-state index contributed by atoms with van der Waals surface area (Å²) in [4.78, 5) is 11.2. The maximum Gasteiger partial charge on any atom is 0.237 e. The van der Waals surface area contributed by atoms with E-state index in [9.17, 15) is 4.79 Å². The molecule has 0 aliphatic carbocycles. The molecule has 0 heterocycles. The number of aliphatic hydroxyl groups excluding tert-OH is 1. The van der Waals surface area contributed by atoms with Gasteiger partial charge in [0.25, 0.3) is 0 Å². The van der Waals surface area contributed by atoms with Crippen LogP contribution in [0.3, 0.4) is 0 Å². The summed E-state index contributed by atoms with van der Waals surface area (Å²) in [5.74, 6) is 2.16. The number of amides is 1. The summed E-state index contributed by atoms with van der Waals surface area (Å²) in [6.07, 6.45) is 4.52. The number of hydrogen-bond acceptors (Lipinski definition) is 3. The molecule has 0 aromatic rings. The van der Waals surface area contributed by atoms with Gasteiger partial charge in [-0.2, -0.15) is 0 Å². The fourth-order valence-corrected chi connectivity index (χ4v) is 0.731. The van der Waals surface area contributed by atoms with E-state index in [0.29, 0.717) is 6.54 Å². The van der Waals surface area contributed by atoms with E-state index in [4.69, 9.17) is 11.5 Å². The number of hydrogen-bond donors (Lipinski definition) is 3. The Hall–Kier alpha value is -1.05. The van der Waals surface area contributed by atoms with Crippen molar-refractivity contribution in [2.75, 3.05) is 13.1 Å². The molecule has 1 amide bonds. The van der Waals surface area contributed by atoms with E-state index in [2.05, 4.69) is 16.6 Å². The van der Waals surface area contributed by atoms with E-state index in [1.807, 2.05) is 0 Å².